The van der Waals surface area contributed by atoms with Gasteiger partial charge in [-0.2, -0.15) is 0 Å². The van der Waals surface area contributed by atoms with Gasteiger partial charge in [-0.3, -0.25) is 19.1 Å². The first kappa shape index (κ1) is 26.0. The van der Waals surface area contributed by atoms with Crippen molar-refractivity contribution >= 4 is 47.1 Å². The van der Waals surface area contributed by atoms with E-state index in [1.165, 1.54) is 40.7 Å². The Morgan fingerprint density at radius 1 is 1.19 bits per heavy atom. The van der Waals surface area contributed by atoms with Gasteiger partial charge < -0.3 is 20.1 Å². The van der Waals surface area contributed by atoms with Crippen LogP contribution < -0.4 is 15.4 Å². The molecule has 0 bridgehead atoms. The average Bonchev–Trinajstić information content (AvgIpc) is 3.35. The van der Waals surface area contributed by atoms with Gasteiger partial charge in [0.25, 0.3) is 11.8 Å². The zero-order chi connectivity index (χ0) is 26.5. The molecule has 1 saturated carbocycles. The monoisotopic (exact) mass is 553 g/mol. The molecule has 1 aliphatic carbocycles. The van der Waals surface area contributed by atoms with E-state index in [9.17, 15) is 27.6 Å². The summed E-state index contributed by atoms with van der Waals surface area (Å²) >= 11 is 2.88. The number of anilines is 1. The maximum absolute atomic E-state index is 13.6. The number of carbonyl (C=O) groups is 3. The second-order valence-electron chi connectivity index (χ2n) is 9.74. The van der Waals surface area contributed by atoms with Gasteiger partial charge in [-0.25, -0.2) is 13.2 Å². The van der Waals surface area contributed by atoms with Crippen molar-refractivity contribution < 1.29 is 27.6 Å². The molecule has 2 atom stereocenters. The summed E-state index contributed by atoms with van der Waals surface area (Å²) in [7, 11) is 1.79. The number of alkyl halides is 2. The van der Waals surface area contributed by atoms with E-state index in [2.05, 4.69) is 15.4 Å². The Hall–Kier alpha value is -2.64. The SMILES string of the molecule is Cc1cc(NC(=O)c2c3c(cn2C)SN[C@H]2CN(C(=O)C(=O)NC4CC(F)(F)C4)C[C@H]2CS3)ccc1F. The molecule has 0 radical (unpaired) electrons. The van der Waals surface area contributed by atoms with Crippen LogP contribution in [0.3, 0.4) is 0 Å². The average molecular weight is 554 g/mol. The van der Waals surface area contributed by atoms with Crippen molar-refractivity contribution in [1.82, 2.24) is 19.5 Å². The minimum absolute atomic E-state index is 0.0197. The van der Waals surface area contributed by atoms with Crippen molar-refractivity contribution in [2.75, 3.05) is 24.2 Å². The van der Waals surface area contributed by atoms with E-state index in [0.717, 1.165) is 9.79 Å². The maximum Gasteiger partial charge on any atom is 0.311 e. The lowest BCUT2D eigenvalue weighted by molar-refractivity contribution is -0.148. The second-order valence-corrected chi connectivity index (χ2v) is 11.7. The number of amides is 3. The summed E-state index contributed by atoms with van der Waals surface area (Å²) in [5, 5.41) is 5.24. The number of aromatic nitrogens is 1. The Morgan fingerprint density at radius 3 is 2.65 bits per heavy atom. The first-order chi connectivity index (χ1) is 17.5. The van der Waals surface area contributed by atoms with Crippen molar-refractivity contribution in [1.29, 1.82) is 0 Å². The maximum atomic E-state index is 13.6. The summed E-state index contributed by atoms with van der Waals surface area (Å²) in [5.41, 5.74) is 1.39. The molecule has 0 spiro atoms. The smallest absolute Gasteiger partial charge is 0.311 e. The van der Waals surface area contributed by atoms with Crippen LogP contribution in [-0.4, -0.2) is 64.0 Å². The van der Waals surface area contributed by atoms with Crippen molar-refractivity contribution in [3.8, 4) is 0 Å². The lowest BCUT2D eigenvalue weighted by atomic mass is 9.88. The van der Waals surface area contributed by atoms with E-state index >= 15 is 0 Å². The van der Waals surface area contributed by atoms with E-state index in [1.807, 2.05) is 6.20 Å². The predicted octanol–water partition coefficient (Wildman–Crippen LogP) is 3.17. The fourth-order valence-corrected chi connectivity index (χ4v) is 7.32. The first-order valence-electron chi connectivity index (χ1n) is 11.8. The summed E-state index contributed by atoms with van der Waals surface area (Å²) in [6.07, 6.45) is 0.966. The number of likely N-dealkylation sites (tertiary alicyclic amines) is 1. The molecule has 3 amide bonds. The fraction of sp³-hybridized carbons (Fsp3) is 0.458. The Bertz CT molecular complexity index is 1260. The largest absolute Gasteiger partial charge is 0.345 e. The molecule has 13 heteroatoms. The van der Waals surface area contributed by atoms with Gasteiger partial charge in [0.2, 0.25) is 0 Å². The predicted molar refractivity (Wildman–Crippen MR) is 134 cm³/mol. The number of benzene rings is 1. The number of thioether (sulfide) groups is 1. The molecule has 5 rings (SSSR count). The van der Waals surface area contributed by atoms with E-state index < -0.39 is 36.6 Å². The van der Waals surface area contributed by atoms with Gasteiger partial charge >= 0.3 is 11.8 Å². The summed E-state index contributed by atoms with van der Waals surface area (Å²) in [6, 6.07) is 3.65. The normalized spacial score (nSPS) is 22.8. The van der Waals surface area contributed by atoms with Crippen LogP contribution in [0.2, 0.25) is 0 Å². The molecule has 3 heterocycles. The Labute approximate surface area is 220 Å². The van der Waals surface area contributed by atoms with Crippen molar-refractivity contribution in [2.24, 2.45) is 13.0 Å². The minimum Gasteiger partial charge on any atom is -0.345 e. The molecular formula is C24H26F3N5O3S2. The van der Waals surface area contributed by atoms with E-state index in [4.69, 9.17) is 0 Å². The van der Waals surface area contributed by atoms with Gasteiger partial charge in [-0.15, -0.1) is 11.8 Å². The summed E-state index contributed by atoms with van der Waals surface area (Å²) in [6.45, 7) is 2.30. The highest BCUT2D eigenvalue weighted by Gasteiger charge is 2.47. The first-order valence-corrected chi connectivity index (χ1v) is 13.6. The third kappa shape index (κ3) is 5.34. The molecule has 1 aromatic heterocycles. The Morgan fingerprint density at radius 2 is 1.95 bits per heavy atom. The quantitative estimate of drug-likeness (QED) is 0.399. The van der Waals surface area contributed by atoms with E-state index in [1.54, 1.807) is 24.6 Å². The number of fused-ring (bicyclic) bond motifs is 2. The van der Waals surface area contributed by atoms with Gasteiger partial charge in [0.05, 0.1) is 9.79 Å². The summed E-state index contributed by atoms with van der Waals surface area (Å²) < 4.78 is 44.8. The number of nitrogens with zero attached hydrogens (tertiary/aromatic N) is 2. The molecule has 8 nitrogen and oxygen atoms in total. The summed E-state index contributed by atoms with van der Waals surface area (Å²) in [5.74, 6) is -4.39. The van der Waals surface area contributed by atoms with E-state index in [0.29, 0.717) is 35.8 Å². The molecule has 1 saturated heterocycles. The third-order valence-corrected chi connectivity index (χ3v) is 9.22. The molecule has 3 N–H and O–H groups in total. The Balaban J connectivity index is 1.24. The fourth-order valence-electron chi connectivity index (χ4n) is 4.79. The molecule has 2 aliphatic heterocycles. The van der Waals surface area contributed by atoms with Crippen LogP contribution in [0.1, 0.15) is 28.9 Å². The van der Waals surface area contributed by atoms with Gasteiger partial charge in [0.1, 0.15) is 11.5 Å². The standard InChI is InChI=1S/C24H26F3N5O3S2/c1-12-5-14(3-4-16(12)25)28-21(33)19-20-18(10-31(19)2)37-30-17-9-32(8-13(17)11-36-20)23(35)22(34)29-15-6-24(26,27)7-15/h3-5,10,13,15,17,30H,6-9,11H2,1-2H3,(H,28,33)(H,29,34)/t13-,17-/m0/s1. The Kier molecular flexibility index (Phi) is 6.96. The third-order valence-electron chi connectivity index (χ3n) is 6.84. The van der Waals surface area contributed by atoms with Crippen molar-refractivity contribution in [2.45, 2.75) is 47.6 Å². The number of halogens is 3. The number of aryl methyl sites for hydroxylation is 2. The van der Waals surface area contributed by atoms with Crippen LogP contribution in [0.4, 0.5) is 18.9 Å². The van der Waals surface area contributed by atoms with Crippen LogP contribution in [0.15, 0.2) is 34.2 Å². The highest BCUT2D eigenvalue weighted by Crippen LogP contribution is 2.40. The second kappa shape index (κ2) is 9.91. The molecule has 198 valence electrons. The molecular weight excluding hydrogens is 527 g/mol. The van der Waals surface area contributed by atoms with Gasteiger partial charge in [0, 0.05) is 68.6 Å². The highest BCUT2D eigenvalue weighted by molar-refractivity contribution is 8.01. The van der Waals surface area contributed by atoms with Crippen LogP contribution in [0.5, 0.6) is 0 Å². The van der Waals surface area contributed by atoms with Crippen LogP contribution >= 0.6 is 23.7 Å². The number of nitrogens with one attached hydrogen (secondary N) is 3. The van der Waals surface area contributed by atoms with Gasteiger partial charge in [-0.05, 0) is 42.6 Å². The topological polar surface area (TPSA) is 95.5 Å². The zero-order valence-corrected chi connectivity index (χ0v) is 21.8. The molecule has 2 aromatic rings. The number of hydrogen-bond donors (Lipinski definition) is 3. The van der Waals surface area contributed by atoms with Crippen molar-refractivity contribution in [3.63, 3.8) is 0 Å². The summed E-state index contributed by atoms with van der Waals surface area (Å²) in [4.78, 5) is 41.3. The van der Waals surface area contributed by atoms with E-state index in [-0.39, 0.29) is 23.7 Å². The lowest BCUT2D eigenvalue weighted by Crippen LogP contribution is -2.54. The zero-order valence-electron chi connectivity index (χ0n) is 20.1. The molecule has 37 heavy (non-hydrogen) atoms. The molecule has 2 fully saturated rings. The number of hydrogen-bond acceptors (Lipinski definition) is 6. The van der Waals surface area contributed by atoms with Crippen LogP contribution in [0.25, 0.3) is 0 Å². The minimum atomic E-state index is -2.78. The highest BCUT2D eigenvalue weighted by atomic mass is 32.2. The molecule has 0 unspecified atom stereocenters. The van der Waals surface area contributed by atoms with Crippen LogP contribution in [0, 0.1) is 18.7 Å². The number of carbonyl (C=O) groups excluding carboxylic acids is 3. The lowest BCUT2D eigenvalue weighted by Gasteiger charge is -2.35. The molecule has 1 aromatic carbocycles. The van der Waals surface area contributed by atoms with Crippen molar-refractivity contribution in [3.05, 3.63) is 41.5 Å². The van der Waals surface area contributed by atoms with Crippen LogP contribution in [-0.2, 0) is 16.6 Å². The van der Waals surface area contributed by atoms with Gasteiger partial charge in [0.15, 0.2) is 0 Å². The van der Waals surface area contributed by atoms with Gasteiger partial charge in [-0.1, -0.05) is 0 Å². The molecule has 3 aliphatic rings. The number of rotatable bonds is 3.